The fraction of sp³-hybridized carbons (Fsp3) is 0.619. The van der Waals surface area contributed by atoms with Crippen molar-refractivity contribution in [3.63, 3.8) is 0 Å². The normalized spacial score (nSPS) is 26.6. The molecule has 3 atom stereocenters. The Hall–Kier alpha value is -2.28. The molecule has 7 heteroatoms. The molecule has 0 spiro atoms. The first-order chi connectivity index (χ1) is 13.5. The van der Waals surface area contributed by atoms with E-state index in [1.165, 1.54) is 0 Å². The quantitative estimate of drug-likeness (QED) is 0.840. The van der Waals surface area contributed by atoms with E-state index >= 15 is 0 Å². The minimum Gasteiger partial charge on any atom is -0.465 e. The minimum atomic E-state index is -0.795. The van der Waals surface area contributed by atoms with Crippen molar-refractivity contribution in [2.45, 2.75) is 38.5 Å². The summed E-state index contributed by atoms with van der Waals surface area (Å²) in [4.78, 5) is 29.7. The molecule has 0 saturated carbocycles. The third-order valence-corrected chi connectivity index (χ3v) is 6.62. The SMILES string of the molecule is CC1CCN(C(=O)O)CC1CCN1CCCC(c2cccc3[nH]c(=O)oc23)C1. The van der Waals surface area contributed by atoms with Crippen molar-refractivity contribution in [2.75, 3.05) is 32.7 Å². The van der Waals surface area contributed by atoms with Gasteiger partial charge < -0.3 is 19.3 Å². The van der Waals surface area contributed by atoms with Gasteiger partial charge in [0.1, 0.15) is 0 Å². The average molecular weight is 387 g/mol. The van der Waals surface area contributed by atoms with Crippen LogP contribution in [0.2, 0.25) is 0 Å². The maximum absolute atomic E-state index is 11.6. The second kappa shape index (κ2) is 7.99. The molecule has 3 unspecified atom stereocenters. The number of aromatic nitrogens is 1. The first kappa shape index (κ1) is 19.1. The van der Waals surface area contributed by atoms with Gasteiger partial charge in [-0.2, -0.15) is 0 Å². The molecule has 0 aliphatic carbocycles. The molecule has 2 aliphatic heterocycles. The molecule has 2 aliphatic rings. The Morgan fingerprint density at radius 3 is 2.96 bits per heavy atom. The molecular formula is C21H29N3O4. The van der Waals surface area contributed by atoms with E-state index in [2.05, 4.69) is 22.9 Å². The Morgan fingerprint density at radius 2 is 2.14 bits per heavy atom. The molecule has 1 amide bonds. The Morgan fingerprint density at radius 1 is 1.29 bits per heavy atom. The fourth-order valence-corrected chi connectivity index (χ4v) is 4.88. The van der Waals surface area contributed by atoms with Crippen molar-refractivity contribution in [1.82, 2.24) is 14.8 Å². The van der Waals surface area contributed by atoms with Crippen LogP contribution in [0.15, 0.2) is 27.4 Å². The van der Waals surface area contributed by atoms with Gasteiger partial charge in [0.2, 0.25) is 0 Å². The van der Waals surface area contributed by atoms with Crippen LogP contribution in [0.5, 0.6) is 0 Å². The van der Waals surface area contributed by atoms with Crippen LogP contribution in [0.3, 0.4) is 0 Å². The van der Waals surface area contributed by atoms with Crippen molar-refractivity contribution in [3.05, 3.63) is 34.3 Å². The number of hydrogen-bond donors (Lipinski definition) is 2. The lowest BCUT2D eigenvalue weighted by Crippen LogP contribution is -2.44. The van der Waals surface area contributed by atoms with Crippen LogP contribution in [0, 0.1) is 11.8 Å². The summed E-state index contributed by atoms with van der Waals surface area (Å²) >= 11 is 0. The summed E-state index contributed by atoms with van der Waals surface area (Å²) in [5.74, 6) is 0.954. The molecule has 0 bridgehead atoms. The van der Waals surface area contributed by atoms with E-state index in [0.29, 0.717) is 36.4 Å². The van der Waals surface area contributed by atoms with Crippen LogP contribution < -0.4 is 5.76 Å². The summed E-state index contributed by atoms with van der Waals surface area (Å²) in [7, 11) is 0. The van der Waals surface area contributed by atoms with Crippen LogP contribution in [-0.2, 0) is 0 Å². The molecule has 152 valence electrons. The maximum Gasteiger partial charge on any atom is 0.417 e. The Labute approximate surface area is 164 Å². The van der Waals surface area contributed by atoms with Gasteiger partial charge in [0.25, 0.3) is 0 Å². The lowest BCUT2D eigenvalue weighted by molar-refractivity contribution is 0.0900. The zero-order valence-corrected chi connectivity index (χ0v) is 16.4. The topological polar surface area (TPSA) is 89.8 Å². The number of para-hydroxylation sites is 1. The molecule has 4 rings (SSSR count). The highest BCUT2D eigenvalue weighted by molar-refractivity contribution is 5.76. The van der Waals surface area contributed by atoms with Gasteiger partial charge in [0.15, 0.2) is 5.58 Å². The van der Waals surface area contributed by atoms with Crippen LogP contribution in [0.25, 0.3) is 11.1 Å². The van der Waals surface area contributed by atoms with Crippen LogP contribution in [0.4, 0.5) is 4.79 Å². The number of hydrogen-bond acceptors (Lipinski definition) is 4. The van der Waals surface area contributed by atoms with Crippen molar-refractivity contribution >= 4 is 17.2 Å². The highest BCUT2D eigenvalue weighted by Gasteiger charge is 2.30. The van der Waals surface area contributed by atoms with Crippen LogP contribution in [-0.4, -0.2) is 58.7 Å². The van der Waals surface area contributed by atoms with Gasteiger partial charge >= 0.3 is 11.8 Å². The lowest BCUT2D eigenvalue weighted by atomic mass is 9.84. The zero-order valence-electron chi connectivity index (χ0n) is 16.4. The van der Waals surface area contributed by atoms with Gasteiger partial charge in [-0.05, 0) is 56.7 Å². The van der Waals surface area contributed by atoms with Crippen molar-refractivity contribution in [2.24, 2.45) is 11.8 Å². The molecule has 2 aromatic rings. The van der Waals surface area contributed by atoms with E-state index in [1.807, 2.05) is 12.1 Å². The molecule has 2 saturated heterocycles. The number of benzene rings is 1. The molecule has 28 heavy (non-hydrogen) atoms. The zero-order chi connectivity index (χ0) is 19.7. The number of likely N-dealkylation sites (tertiary alicyclic amines) is 2. The number of aromatic amines is 1. The summed E-state index contributed by atoms with van der Waals surface area (Å²) in [5, 5.41) is 9.29. The lowest BCUT2D eigenvalue weighted by Gasteiger charge is -2.38. The minimum absolute atomic E-state index is 0.357. The number of nitrogens with zero attached hydrogens (tertiary/aromatic N) is 2. The number of nitrogens with one attached hydrogen (secondary N) is 1. The number of piperidine rings is 2. The van der Waals surface area contributed by atoms with Gasteiger partial charge in [-0.1, -0.05) is 19.1 Å². The van der Waals surface area contributed by atoms with E-state index in [0.717, 1.165) is 56.4 Å². The summed E-state index contributed by atoms with van der Waals surface area (Å²) in [6.45, 7) is 6.58. The van der Waals surface area contributed by atoms with E-state index in [1.54, 1.807) is 4.90 Å². The number of oxazole rings is 1. The van der Waals surface area contributed by atoms with E-state index in [9.17, 15) is 14.7 Å². The Balaban J connectivity index is 1.40. The molecule has 0 radical (unpaired) electrons. The number of rotatable bonds is 4. The monoisotopic (exact) mass is 387 g/mol. The number of amides is 1. The molecule has 1 aromatic heterocycles. The van der Waals surface area contributed by atoms with Crippen LogP contribution in [0.1, 0.15) is 44.1 Å². The van der Waals surface area contributed by atoms with Gasteiger partial charge in [-0.3, -0.25) is 4.98 Å². The fourth-order valence-electron chi connectivity index (χ4n) is 4.88. The van der Waals surface area contributed by atoms with Crippen molar-refractivity contribution in [3.8, 4) is 0 Å². The van der Waals surface area contributed by atoms with Crippen LogP contribution >= 0.6 is 0 Å². The first-order valence-electron chi connectivity index (χ1n) is 10.3. The third kappa shape index (κ3) is 3.94. The number of carboxylic acid groups (broad SMARTS) is 1. The molecule has 2 N–H and O–H groups in total. The first-order valence-corrected chi connectivity index (χ1v) is 10.3. The highest BCUT2D eigenvalue weighted by atomic mass is 16.4. The Kier molecular flexibility index (Phi) is 5.44. The maximum atomic E-state index is 11.6. The molecular weight excluding hydrogens is 358 g/mol. The van der Waals surface area contributed by atoms with E-state index < -0.39 is 11.8 Å². The van der Waals surface area contributed by atoms with Gasteiger partial charge in [0, 0.05) is 31.1 Å². The van der Waals surface area contributed by atoms with E-state index in [4.69, 9.17) is 4.42 Å². The van der Waals surface area contributed by atoms with Gasteiger partial charge in [-0.15, -0.1) is 0 Å². The standard InChI is InChI=1S/C21H29N3O4/c1-14-7-11-24(21(26)27)13-15(14)8-10-23-9-3-4-16(12-23)17-5-2-6-18-19(17)28-20(25)22-18/h2,5-6,14-16H,3-4,7-13H2,1H3,(H,22,25)(H,26,27). The smallest absolute Gasteiger partial charge is 0.417 e. The number of H-pyrrole nitrogens is 1. The Bertz CT molecular complexity index is 889. The van der Waals surface area contributed by atoms with Gasteiger partial charge in [0.05, 0.1) is 5.52 Å². The predicted octanol–water partition coefficient (Wildman–Crippen LogP) is 3.33. The second-order valence-electron chi connectivity index (χ2n) is 8.42. The average Bonchev–Trinajstić information content (AvgIpc) is 3.07. The summed E-state index contributed by atoms with van der Waals surface area (Å²) in [5.41, 5.74) is 2.57. The number of fused-ring (bicyclic) bond motifs is 1. The third-order valence-electron chi connectivity index (χ3n) is 6.62. The second-order valence-corrected chi connectivity index (χ2v) is 8.42. The number of carbonyl (C=O) groups is 1. The summed E-state index contributed by atoms with van der Waals surface area (Å²) in [6.07, 6.45) is 3.40. The van der Waals surface area contributed by atoms with E-state index in [-0.39, 0.29) is 0 Å². The molecule has 1 aromatic carbocycles. The summed E-state index contributed by atoms with van der Waals surface area (Å²) in [6, 6.07) is 5.93. The highest BCUT2D eigenvalue weighted by Crippen LogP contribution is 2.32. The summed E-state index contributed by atoms with van der Waals surface area (Å²) < 4.78 is 5.40. The predicted molar refractivity (Wildman–Crippen MR) is 107 cm³/mol. The van der Waals surface area contributed by atoms with Crippen molar-refractivity contribution in [1.29, 1.82) is 0 Å². The molecule has 3 heterocycles. The largest absolute Gasteiger partial charge is 0.465 e. The molecule has 7 nitrogen and oxygen atoms in total. The van der Waals surface area contributed by atoms with Gasteiger partial charge in [-0.25, -0.2) is 9.59 Å². The van der Waals surface area contributed by atoms with Crippen molar-refractivity contribution < 1.29 is 14.3 Å². The molecule has 2 fully saturated rings.